The zero-order chi connectivity index (χ0) is 87.6. The predicted octanol–water partition coefficient (Wildman–Crippen LogP) is 16.1. The predicted molar refractivity (Wildman–Crippen MR) is 511 cm³/mol. The van der Waals surface area contributed by atoms with Gasteiger partial charge in [-0.3, -0.25) is 25.3 Å². The van der Waals surface area contributed by atoms with Gasteiger partial charge in [0.15, 0.2) is 34.4 Å². The number of amides is 3. The van der Waals surface area contributed by atoms with E-state index < -0.39 is 12.1 Å². The largest absolute Gasteiger partial charge is 0.489 e. The topological polar surface area (TPSA) is 283 Å². The first-order valence-electron chi connectivity index (χ1n) is 40.4. The van der Waals surface area contributed by atoms with Gasteiger partial charge < -0.3 is 69.7 Å². The summed E-state index contributed by atoms with van der Waals surface area (Å²) in [4.78, 5) is 81.9. The number of carbonyl (C=O) groups is 5. The number of alkyl carbamates (subject to hydrolysis) is 1. The second kappa shape index (κ2) is 53.0. The fourth-order valence-electron chi connectivity index (χ4n) is 12.8. The molecule has 25 nitrogen and oxygen atoms in total. The Morgan fingerprint density at radius 2 is 0.959 bits per heavy atom. The quantitative estimate of drug-likeness (QED) is 0.0221. The molecule has 1 unspecified atom stereocenters. The Balaban J connectivity index is 0.000000186. The first kappa shape index (κ1) is 97.3. The smallest absolute Gasteiger partial charge is 0.413 e. The Kier molecular flexibility index (Phi) is 42.3. The van der Waals surface area contributed by atoms with Crippen molar-refractivity contribution in [2.24, 2.45) is 4.99 Å². The van der Waals surface area contributed by atoms with Crippen LogP contribution in [0.1, 0.15) is 116 Å². The molecule has 2 aromatic heterocycles. The molecule has 7 N–H and O–H groups in total. The molecule has 122 heavy (non-hydrogen) atoms. The maximum Gasteiger partial charge on any atom is 0.413 e. The van der Waals surface area contributed by atoms with Crippen molar-refractivity contribution in [3.05, 3.63) is 304 Å². The highest BCUT2D eigenvalue weighted by Crippen LogP contribution is 2.27. The van der Waals surface area contributed by atoms with Gasteiger partial charge in [0.2, 0.25) is 0 Å². The number of thiocarbonyl (C=S) groups is 1. The number of hydrogen-bond donors (Lipinski definition) is 6. The van der Waals surface area contributed by atoms with Crippen LogP contribution in [0.2, 0.25) is 0 Å². The van der Waals surface area contributed by atoms with Gasteiger partial charge in [-0.1, -0.05) is 103 Å². The van der Waals surface area contributed by atoms with E-state index in [2.05, 4.69) is 154 Å². The fraction of sp³-hybridized carbons (Fsp3) is 0.323. The lowest BCUT2D eigenvalue weighted by Gasteiger charge is -2.35. The summed E-state index contributed by atoms with van der Waals surface area (Å²) in [7, 11) is 12.4. The van der Waals surface area contributed by atoms with E-state index in [4.69, 9.17) is 51.7 Å². The van der Waals surface area contributed by atoms with Crippen molar-refractivity contribution in [2.75, 3.05) is 106 Å². The molecule has 7 heterocycles. The van der Waals surface area contributed by atoms with E-state index in [1.807, 2.05) is 193 Å². The maximum atomic E-state index is 13.0. The van der Waals surface area contributed by atoms with Gasteiger partial charge in [0.25, 0.3) is 11.8 Å². The Morgan fingerprint density at radius 3 is 1.42 bits per heavy atom. The van der Waals surface area contributed by atoms with Crippen molar-refractivity contribution >= 4 is 132 Å². The number of amidine groups is 1. The molecular weight excluding hydrogens is 1900 g/mol. The van der Waals surface area contributed by atoms with E-state index in [1.54, 1.807) is 80.8 Å². The second-order valence-corrected chi connectivity index (χ2v) is 33.1. The summed E-state index contributed by atoms with van der Waals surface area (Å²) >= 11 is 11.6. The number of nitrogens with one attached hydrogen (secondary N) is 4. The number of piperidine rings is 3. The normalized spacial score (nSPS) is 14.9. The van der Waals surface area contributed by atoms with Crippen LogP contribution in [-0.4, -0.2) is 204 Å². The molecule has 29 heteroatoms. The second-order valence-electron chi connectivity index (χ2n) is 28.9. The van der Waals surface area contributed by atoms with Crippen molar-refractivity contribution in [3.8, 4) is 11.5 Å². The van der Waals surface area contributed by atoms with Crippen molar-refractivity contribution in [3.63, 3.8) is 0 Å². The van der Waals surface area contributed by atoms with E-state index in [0.29, 0.717) is 79.2 Å². The Bertz CT molecular complexity index is 4780. The van der Waals surface area contributed by atoms with Gasteiger partial charge in [-0.25, -0.2) is 29.3 Å². The highest BCUT2D eigenvalue weighted by molar-refractivity contribution is 14.1. The molecule has 5 aliphatic heterocycles. The van der Waals surface area contributed by atoms with Crippen molar-refractivity contribution in [2.45, 2.75) is 103 Å². The number of nitrogens with two attached hydrogens (primary N) is 1. The minimum absolute atomic E-state index is 0.0895. The number of aliphatic imine (C=N–C) groups is 1. The van der Waals surface area contributed by atoms with Crippen molar-refractivity contribution in [1.82, 2.24) is 55.5 Å². The van der Waals surface area contributed by atoms with Gasteiger partial charge in [0.1, 0.15) is 31.4 Å². The third-order valence-corrected chi connectivity index (χ3v) is 22.3. The number of carboxylic acid groups (broad SMARTS) is 1. The first-order valence-corrected chi connectivity index (χ1v) is 44.0. The number of pyridine rings is 2. The van der Waals surface area contributed by atoms with Crippen LogP contribution in [0.25, 0.3) is 0 Å². The summed E-state index contributed by atoms with van der Waals surface area (Å²) in [5.74, 6) is 2.79. The van der Waals surface area contributed by atoms with Gasteiger partial charge in [0, 0.05) is 79.1 Å². The maximum absolute atomic E-state index is 13.0. The van der Waals surface area contributed by atoms with E-state index in [-0.39, 0.29) is 35.7 Å². The summed E-state index contributed by atoms with van der Waals surface area (Å²) < 4.78 is 30.3. The number of benzene rings is 7. The van der Waals surface area contributed by atoms with E-state index in [1.165, 1.54) is 25.9 Å². The Hall–Kier alpha value is -10.1. The number of anilines is 2. The molecule has 9 aromatic rings. The minimum atomic E-state index is -0.878. The molecule has 1 atom stereocenters. The van der Waals surface area contributed by atoms with Crippen LogP contribution < -0.4 is 36.6 Å². The summed E-state index contributed by atoms with van der Waals surface area (Å²) in [6, 6.07) is 68.2. The Morgan fingerprint density at radius 1 is 0.533 bits per heavy atom. The highest BCUT2D eigenvalue weighted by Gasteiger charge is 2.31. The number of allylic oxidation sites excluding steroid dienone is 2. The monoisotopic (exact) mass is 2010 g/mol. The number of ether oxygens (including phenoxy) is 5. The van der Waals surface area contributed by atoms with Crippen LogP contribution in [0.3, 0.4) is 0 Å². The summed E-state index contributed by atoms with van der Waals surface area (Å²) in [5, 5.41) is 19.0. The average Bonchev–Trinajstić information content (AvgIpc) is 1.68. The number of fused-ring (bicyclic) bond motifs is 1. The molecule has 7 aromatic carbocycles. The molecule has 0 saturated carbocycles. The Labute approximate surface area is 763 Å². The molecule has 0 spiro atoms. The zero-order valence-electron chi connectivity index (χ0n) is 70.3. The number of carbonyl (C=O) groups excluding carboxylic acids is 4. The van der Waals surface area contributed by atoms with Gasteiger partial charge >= 0.3 is 18.0 Å². The molecule has 14 rings (SSSR count). The molecule has 5 aliphatic rings. The fourth-order valence-corrected chi connectivity index (χ4v) is 14.0. The number of aromatic nitrogens is 2. The number of nitrogen functional groups attached to an aromatic ring is 1. The van der Waals surface area contributed by atoms with Crippen LogP contribution in [0.5, 0.6) is 11.5 Å². The van der Waals surface area contributed by atoms with Crippen molar-refractivity contribution in [1.29, 1.82) is 0 Å². The zero-order valence-corrected chi connectivity index (χ0v) is 77.6. The molecular formula is C93H111I3N14O11S. The number of carboxylic acids is 1. The lowest BCUT2D eigenvalue weighted by molar-refractivity contribution is 0.0524. The number of rotatable bonds is 21. The van der Waals surface area contributed by atoms with Gasteiger partial charge in [-0.2, -0.15) is 0 Å². The van der Waals surface area contributed by atoms with Crippen LogP contribution in [0.4, 0.5) is 16.4 Å². The average molecular weight is 2010 g/mol. The standard InChI is InChI=1S/C28H33N5O2.C16H17N3O3S.C14H19IN2O.C12H12N2O.C9H9IO2.C7H5IO2.C7H16N2/c1-31-17-14-24(15-18-31)32(2)28(34)23-12-10-21(11-13-23)19-26-29-27-25(9-6-16-33(27)30-26)35-20-22-7-4-3-5-8-22;1-2-21-16(20)19-15(23)18-14-13(9-6-10-17-14)22-11-12-7-4-3-5-8-12;1-16-9-7-13(8-10-16)17(2)14(18)11-3-5-12(15)6-4-11;13-12-11(7-4-8-14-12)15-9-10-5-2-1-3-6-10;1-2-12-9(11)7-3-5-8(10)6-4-7;8-6-3-1-5(2-4-6)7(9)10;1-8-7-3-5-9(2)6-4-7/h3-13,16,24,27H,14-15,17-20H2,1-2H3,(H,29,30);3-10H,2,11H2,1H3,(H2,17,18,19,20,23);3-6,13H,7-10H2,1-2H3;1-8H,9H2,(H2,13,14);3-6H,2H2,1H3;1-4H,(H,9,10);7-8H,3-6H2,1-2H3. The number of esters is 1. The number of halogens is 3. The summed E-state index contributed by atoms with van der Waals surface area (Å²) in [6.07, 6.45) is 15.8. The lowest BCUT2D eigenvalue weighted by Crippen LogP contribution is -2.44. The van der Waals surface area contributed by atoms with Crippen LogP contribution >= 0.6 is 80.0 Å². The summed E-state index contributed by atoms with van der Waals surface area (Å²) in [6.45, 7) is 12.4. The third kappa shape index (κ3) is 34.3. The minimum Gasteiger partial charge on any atom is -0.489 e. The van der Waals surface area contributed by atoms with Crippen LogP contribution in [0, 0.1) is 10.7 Å². The van der Waals surface area contributed by atoms with E-state index in [9.17, 15) is 24.0 Å². The molecule has 3 amide bonds. The van der Waals surface area contributed by atoms with Crippen LogP contribution in [0.15, 0.2) is 254 Å². The molecule has 3 saturated heterocycles. The van der Waals surface area contributed by atoms with E-state index >= 15 is 0 Å². The molecule has 0 bridgehead atoms. The molecule has 0 radical (unpaired) electrons. The van der Waals surface area contributed by atoms with Gasteiger partial charge in [-0.05, 0) is 343 Å². The first-order chi connectivity index (χ1) is 58.9. The SMILES string of the molecule is CCOC(=O)NC(=S)Nc1ncccc1OCc1ccccc1.CCOC(=O)c1ccc(I)cc1.CN1CCC(N(C)C(=O)c2ccc(CC3=NC4C(OCc5ccccc5)=CC=CN4N3)cc2)CC1.CN1CCC(N(C)C(=O)c2ccc(I)cc2)CC1.CNC1CCN(C)CC1.Nc1ncccc1OCc1ccccc1.O=C(O)c1ccc(I)cc1. The highest BCUT2D eigenvalue weighted by atomic mass is 127. The van der Waals surface area contributed by atoms with Gasteiger partial charge in [0.05, 0.1) is 24.3 Å². The van der Waals surface area contributed by atoms with Crippen molar-refractivity contribution < 1.29 is 52.8 Å². The summed E-state index contributed by atoms with van der Waals surface area (Å²) in [5.41, 5.74) is 15.9. The van der Waals surface area contributed by atoms with Crippen LogP contribution in [-0.2, 0) is 40.5 Å². The third-order valence-electron chi connectivity index (χ3n) is 19.9. The molecule has 646 valence electrons. The van der Waals surface area contributed by atoms with Gasteiger partial charge in [-0.15, -0.1) is 0 Å². The number of likely N-dealkylation sites (tertiary alicyclic amines) is 3. The number of hydrazine groups is 1. The molecule has 0 aliphatic carbocycles. The number of nitrogens with zero attached hydrogens (tertiary/aromatic N) is 9. The molecule has 3 fully saturated rings. The lowest BCUT2D eigenvalue weighted by atomic mass is 10.0. The number of hydrogen-bond acceptors (Lipinski definition) is 21. The van der Waals surface area contributed by atoms with E-state index in [0.717, 1.165) is 114 Å². The number of aromatic carboxylic acids is 1.